The lowest BCUT2D eigenvalue weighted by atomic mass is 10.2. The maximum absolute atomic E-state index is 12.7. The van der Waals surface area contributed by atoms with Crippen molar-refractivity contribution < 1.29 is 4.79 Å². The Hall–Kier alpha value is -1.82. The van der Waals surface area contributed by atoms with Crippen molar-refractivity contribution in [3.63, 3.8) is 0 Å². The fourth-order valence-electron chi connectivity index (χ4n) is 2.59. The number of amides is 1. The Labute approximate surface area is 142 Å². The van der Waals surface area contributed by atoms with Gasteiger partial charge in [0.05, 0.1) is 5.25 Å². The summed E-state index contributed by atoms with van der Waals surface area (Å²) in [7, 11) is 0. The van der Waals surface area contributed by atoms with Crippen molar-refractivity contribution in [2.24, 2.45) is 0 Å². The summed E-state index contributed by atoms with van der Waals surface area (Å²) in [6.07, 6.45) is 1.68. The van der Waals surface area contributed by atoms with Crippen LogP contribution in [-0.2, 0) is 4.79 Å². The van der Waals surface area contributed by atoms with Crippen molar-refractivity contribution >= 4 is 17.7 Å². The molecule has 0 aliphatic heterocycles. The summed E-state index contributed by atoms with van der Waals surface area (Å²) in [5, 5.41) is 8.67. The van der Waals surface area contributed by atoms with E-state index in [1.165, 1.54) is 11.8 Å². The molecule has 0 saturated heterocycles. The smallest absolute Gasteiger partial charge is 0.236 e. The standard InChI is InChI=1S/C17H24N4OS/c1-12(2)21(13(3)4)16(22)14(5)23-17-19-18-11-20(17)15-9-7-6-8-10-15/h6-14H,1-5H3. The van der Waals surface area contributed by atoms with E-state index in [1.54, 1.807) is 6.33 Å². The minimum absolute atomic E-state index is 0.127. The molecule has 1 amide bonds. The fraction of sp³-hybridized carbons (Fsp3) is 0.471. The van der Waals surface area contributed by atoms with Crippen LogP contribution in [0.1, 0.15) is 34.6 Å². The number of hydrogen-bond donors (Lipinski definition) is 0. The van der Waals surface area contributed by atoms with Crippen molar-refractivity contribution in [3.05, 3.63) is 36.7 Å². The summed E-state index contributed by atoms with van der Waals surface area (Å²) in [5.41, 5.74) is 0.990. The van der Waals surface area contributed by atoms with Gasteiger partial charge in [-0.25, -0.2) is 0 Å². The Balaban J connectivity index is 2.17. The monoisotopic (exact) mass is 332 g/mol. The molecule has 1 aromatic carbocycles. The molecule has 0 bridgehead atoms. The maximum atomic E-state index is 12.7. The molecule has 0 aliphatic rings. The van der Waals surface area contributed by atoms with Gasteiger partial charge in [0.25, 0.3) is 0 Å². The van der Waals surface area contributed by atoms with Crippen LogP contribution in [-0.4, -0.2) is 42.9 Å². The zero-order valence-corrected chi connectivity index (χ0v) is 15.1. The van der Waals surface area contributed by atoms with Gasteiger partial charge in [0.15, 0.2) is 5.16 Å². The number of carbonyl (C=O) groups excluding carboxylic acids is 1. The van der Waals surface area contributed by atoms with E-state index in [0.29, 0.717) is 0 Å². The number of thioether (sulfide) groups is 1. The Morgan fingerprint density at radius 2 is 1.70 bits per heavy atom. The Morgan fingerprint density at radius 1 is 1.09 bits per heavy atom. The van der Waals surface area contributed by atoms with E-state index >= 15 is 0 Å². The SMILES string of the molecule is CC(Sc1nncn1-c1ccccc1)C(=O)N(C(C)C)C(C)C. The Morgan fingerprint density at radius 3 is 2.26 bits per heavy atom. The van der Waals surface area contributed by atoms with Crippen LogP contribution >= 0.6 is 11.8 Å². The lowest BCUT2D eigenvalue weighted by Gasteiger charge is -2.32. The molecule has 0 N–H and O–H groups in total. The average Bonchev–Trinajstić information content (AvgIpc) is 2.95. The predicted octanol–water partition coefficient (Wildman–Crippen LogP) is 3.39. The molecule has 1 aromatic heterocycles. The van der Waals surface area contributed by atoms with Crippen LogP contribution in [0.15, 0.2) is 41.8 Å². The first-order valence-electron chi connectivity index (χ1n) is 7.86. The van der Waals surface area contributed by atoms with Gasteiger partial charge in [0, 0.05) is 17.8 Å². The Bertz CT molecular complexity index is 631. The predicted molar refractivity (Wildman–Crippen MR) is 93.8 cm³/mol. The van der Waals surface area contributed by atoms with E-state index < -0.39 is 0 Å². The summed E-state index contributed by atoms with van der Waals surface area (Å²) >= 11 is 1.44. The van der Waals surface area contributed by atoms with Crippen LogP contribution < -0.4 is 0 Å². The van der Waals surface area contributed by atoms with Gasteiger partial charge in [0.1, 0.15) is 6.33 Å². The van der Waals surface area contributed by atoms with Gasteiger partial charge in [-0.15, -0.1) is 10.2 Å². The van der Waals surface area contributed by atoms with Crippen LogP contribution in [0.2, 0.25) is 0 Å². The molecular weight excluding hydrogens is 308 g/mol. The second-order valence-corrected chi connectivity index (χ2v) is 7.32. The van der Waals surface area contributed by atoms with Crippen LogP contribution in [0, 0.1) is 0 Å². The van der Waals surface area contributed by atoms with E-state index in [0.717, 1.165) is 10.8 Å². The number of hydrogen-bond acceptors (Lipinski definition) is 4. The third-order valence-corrected chi connectivity index (χ3v) is 4.59. The lowest BCUT2D eigenvalue weighted by Crippen LogP contribution is -2.45. The first-order valence-corrected chi connectivity index (χ1v) is 8.74. The number of aromatic nitrogens is 3. The highest BCUT2D eigenvalue weighted by atomic mass is 32.2. The average molecular weight is 332 g/mol. The normalized spacial score (nSPS) is 12.7. The van der Waals surface area contributed by atoms with Crippen molar-refractivity contribution in [1.29, 1.82) is 0 Å². The van der Waals surface area contributed by atoms with Crippen LogP contribution in [0.3, 0.4) is 0 Å². The number of para-hydroxylation sites is 1. The molecule has 23 heavy (non-hydrogen) atoms. The second kappa shape index (κ2) is 7.64. The van der Waals surface area contributed by atoms with E-state index in [4.69, 9.17) is 0 Å². The largest absolute Gasteiger partial charge is 0.337 e. The zero-order chi connectivity index (χ0) is 17.0. The highest BCUT2D eigenvalue weighted by molar-refractivity contribution is 8.00. The molecule has 0 saturated carbocycles. The summed E-state index contributed by atoms with van der Waals surface area (Å²) in [4.78, 5) is 14.7. The highest BCUT2D eigenvalue weighted by Gasteiger charge is 2.27. The molecule has 2 aromatic rings. The second-order valence-electron chi connectivity index (χ2n) is 6.01. The first-order chi connectivity index (χ1) is 10.9. The molecule has 124 valence electrons. The van der Waals surface area contributed by atoms with Gasteiger partial charge in [0.2, 0.25) is 5.91 Å². The Kier molecular flexibility index (Phi) is 5.82. The van der Waals surface area contributed by atoms with Crippen molar-refractivity contribution in [2.75, 3.05) is 0 Å². The van der Waals surface area contributed by atoms with E-state index in [9.17, 15) is 4.79 Å². The molecule has 5 nitrogen and oxygen atoms in total. The summed E-state index contributed by atoms with van der Waals surface area (Å²) in [5.74, 6) is 0.127. The molecule has 0 spiro atoms. The summed E-state index contributed by atoms with van der Waals surface area (Å²) in [6, 6.07) is 10.3. The summed E-state index contributed by atoms with van der Waals surface area (Å²) < 4.78 is 1.91. The number of nitrogens with zero attached hydrogens (tertiary/aromatic N) is 4. The zero-order valence-electron chi connectivity index (χ0n) is 14.3. The van der Waals surface area contributed by atoms with Crippen molar-refractivity contribution in [3.8, 4) is 5.69 Å². The van der Waals surface area contributed by atoms with Crippen LogP contribution in [0.5, 0.6) is 0 Å². The third-order valence-electron chi connectivity index (χ3n) is 3.55. The lowest BCUT2D eigenvalue weighted by molar-refractivity contribution is -0.133. The molecule has 0 radical (unpaired) electrons. The quantitative estimate of drug-likeness (QED) is 0.761. The van der Waals surface area contributed by atoms with Crippen molar-refractivity contribution in [1.82, 2.24) is 19.7 Å². The third kappa shape index (κ3) is 4.13. The van der Waals surface area contributed by atoms with Crippen LogP contribution in [0.25, 0.3) is 5.69 Å². The minimum atomic E-state index is -0.216. The number of benzene rings is 1. The van der Waals surface area contributed by atoms with Gasteiger partial charge in [-0.2, -0.15) is 0 Å². The minimum Gasteiger partial charge on any atom is -0.337 e. The van der Waals surface area contributed by atoms with Gasteiger partial charge < -0.3 is 4.90 Å². The van der Waals surface area contributed by atoms with E-state index in [-0.39, 0.29) is 23.2 Å². The fourth-order valence-corrected chi connectivity index (χ4v) is 3.49. The molecule has 1 atom stereocenters. The molecule has 0 fully saturated rings. The van der Waals surface area contributed by atoms with E-state index in [1.807, 2.05) is 74.4 Å². The van der Waals surface area contributed by atoms with Gasteiger partial charge in [-0.3, -0.25) is 9.36 Å². The molecule has 0 aliphatic carbocycles. The topological polar surface area (TPSA) is 51.0 Å². The highest BCUT2D eigenvalue weighted by Crippen LogP contribution is 2.26. The summed E-state index contributed by atoms with van der Waals surface area (Å²) in [6.45, 7) is 10.1. The molecule has 1 heterocycles. The van der Waals surface area contributed by atoms with Crippen LogP contribution in [0.4, 0.5) is 0 Å². The maximum Gasteiger partial charge on any atom is 0.236 e. The molecule has 1 unspecified atom stereocenters. The van der Waals surface area contributed by atoms with E-state index in [2.05, 4.69) is 10.2 Å². The van der Waals surface area contributed by atoms with Crippen molar-refractivity contribution in [2.45, 2.75) is 57.1 Å². The van der Waals surface area contributed by atoms with Gasteiger partial charge in [-0.1, -0.05) is 30.0 Å². The molecule has 2 rings (SSSR count). The molecular formula is C17H24N4OS. The van der Waals surface area contributed by atoms with Gasteiger partial charge >= 0.3 is 0 Å². The number of rotatable bonds is 6. The first kappa shape index (κ1) is 17.5. The number of carbonyl (C=O) groups is 1. The van der Waals surface area contributed by atoms with Gasteiger partial charge in [-0.05, 0) is 46.8 Å². The molecule has 6 heteroatoms.